The number of nitrogens with two attached hydrogens (primary N) is 1. The van der Waals surface area contributed by atoms with E-state index in [-0.39, 0.29) is 34.0 Å². The third kappa shape index (κ3) is 3.13. The number of hydrogen-bond donors (Lipinski definition) is 1. The van der Waals surface area contributed by atoms with Crippen molar-refractivity contribution < 1.29 is 9.66 Å². The van der Waals surface area contributed by atoms with E-state index in [1.807, 2.05) is 0 Å². The van der Waals surface area contributed by atoms with Gasteiger partial charge in [-0.2, -0.15) is 0 Å². The Morgan fingerprint density at radius 1 is 1.25 bits per heavy atom. The lowest BCUT2D eigenvalue weighted by molar-refractivity contribution is -0.385. The van der Waals surface area contributed by atoms with E-state index >= 15 is 0 Å². The second kappa shape index (κ2) is 6.00. The smallest absolute Gasteiger partial charge is 0.322 e. The number of benzene rings is 1. The molecule has 2 rings (SSSR count). The molecule has 0 bridgehead atoms. The average molecular weight is 315 g/mol. The molecule has 0 aliphatic heterocycles. The predicted molar refractivity (Wildman–Crippen MR) is 73.1 cm³/mol. The Labute approximate surface area is 123 Å². The van der Waals surface area contributed by atoms with Gasteiger partial charge >= 0.3 is 11.7 Å². The lowest BCUT2D eigenvalue weighted by Gasteiger charge is -2.06. The van der Waals surface area contributed by atoms with Gasteiger partial charge in [0.25, 0.3) is 0 Å². The highest BCUT2D eigenvalue weighted by molar-refractivity contribution is 6.42. The molecular weight excluding hydrogens is 307 g/mol. The SMILES string of the molecule is NCc1cnc(Oc2cc(Cl)c(Cl)cc2[N+](=O)[O-])nc1. The molecule has 9 heteroatoms. The molecule has 1 aromatic heterocycles. The summed E-state index contributed by atoms with van der Waals surface area (Å²) >= 11 is 11.5. The number of ether oxygens (including phenoxy) is 1. The van der Waals surface area contributed by atoms with Crippen LogP contribution in [0.25, 0.3) is 0 Å². The maximum atomic E-state index is 10.9. The molecule has 0 aliphatic rings. The summed E-state index contributed by atoms with van der Waals surface area (Å²) in [6.07, 6.45) is 2.93. The largest absolute Gasteiger partial charge is 0.417 e. The van der Waals surface area contributed by atoms with E-state index in [2.05, 4.69) is 9.97 Å². The van der Waals surface area contributed by atoms with Crippen molar-refractivity contribution in [1.29, 1.82) is 0 Å². The number of hydrogen-bond acceptors (Lipinski definition) is 6. The normalized spacial score (nSPS) is 10.3. The van der Waals surface area contributed by atoms with Crippen molar-refractivity contribution in [2.75, 3.05) is 0 Å². The fraction of sp³-hybridized carbons (Fsp3) is 0.0909. The molecule has 0 atom stereocenters. The molecule has 104 valence electrons. The minimum atomic E-state index is -0.633. The molecule has 0 saturated heterocycles. The molecule has 7 nitrogen and oxygen atoms in total. The lowest BCUT2D eigenvalue weighted by atomic mass is 10.3. The second-order valence-corrected chi connectivity index (χ2v) is 4.49. The van der Waals surface area contributed by atoms with Crippen molar-refractivity contribution in [3.8, 4) is 11.8 Å². The van der Waals surface area contributed by atoms with Gasteiger partial charge in [-0.3, -0.25) is 10.1 Å². The molecule has 20 heavy (non-hydrogen) atoms. The van der Waals surface area contributed by atoms with Crippen LogP contribution in [-0.2, 0) is 6.54 Å². The summed E-state index contributed by atoms with van der Waals surface area (Å²) in [7, 11) is 0. The third-order valence-electron chi connectivity index (χ3n) is 2.32. The molecule has 2 aromatic rings. The molecule has 0 fully saturated rings. The summed E-state index contributed by atoms with van der Waals surface area (Å²) in [6, 6.07) is 2.29. The van der Waals surface area contributed by atoms with Crippen molar-refractivity contribution >= 4 is 28.9 Å². The third-order valence-corrected chi connectivity index (χ3v) is 3.04. The molecule has 0 radical (unpaired) electrons. The van der Waals surface area contributed by atoms with Crippen molar-refractivity contribution in [2.45, 2.75) is 6.54 Å². The quantitative estimate of drug-likeness (QED) is 0.687. The fourth-order valence-electron chi connectivity index (χ4n) is 1.34. The Bertz CT molecular complexity index is 649. The average Bonchev–Trinajstić information content (AvgIpc) is 2.43. The Morgan fingerprint density at radius 3 is 2.40 bits per heavy atom. The molecule has 0 spiro atoms. The highest BCUT2D eigenvalue weighted by atomic mass is 35.5. The zero-order valence-electron chi connectivity index (χ0n) is 9.92. The van der Waals surface area contributed by atoms with Gasteiger partial charge in [0.1, 0.15) is 0 Å². The molecule has 1 aromatic carbocycles. The maximum Gasteiger partial charge on any atom is 0.322 e. The van der Waals surface area contributed by atoms with Gasteiger partial charge in [-0.15, -0.1) is 0 Å². The Balaban J connectivity index is 2.36. The Morgan fingerprint density at radius 2 is 1.85 bits per heavy atom. The van der Waals surface area contributed by atoms with Crippen LogP contribution in [0.15, 0.2) is 24.5 Å². The van der Waals surface area contributed by atoms with Crippen LogP contribution >= 0.6 is 23.2 Å². The van der Waals surface area contributed by atoms with Crippen LogP contribution < -0.4 is 10.5 Å². The first kappa shape index (κ1) is 14.4. The predicted octanol–water partition coefficient (Wildman–Crippen LogP) is 2.94. The van der Waals surface area contributed by atoms with E-state index in [1.165, 1.54) is 18.5 Å². The second-order valence-electron chi connectivity index (χ2n) is 3.67. The topological polar surface area (TPSA) is 104 Å². The van der Waals surface area contributed by atoms with Crippen LogP contribution in [-0.4, -0.2) is 14.9 Å². The van der Waals surface area contributed by atoms with Crippen molar-refractivity contribution in [1.82, 2.24) is 9.97 Å². The van der Waals surface area contributed by atoms with E-state index in [1.54, 1.807) is 0 Å². The fourth-order valence-corrected chi connectivity index (χ4v) is 1.65. The van der Waals surface area contributed by atoms with E-state index in [0.717, 1.165) is 6.07 Å². The first-order chi connectivity index (χ1) is 9.51. The molecule has 2 N–H and O–H groups in total. The number of aromatic nitrogens is 2. The van der Waals surface area contributed by atoms with E-state index < -0.39 is 4.92 Å². The number of rotatable bonds is 4. The van der Waals surface area contributed by atoms with Crippen LogP contribution in [0.5, 0.6) is 11.8 Å². The van der Waals surface area contributed by atoms with Crippen LogP contribution in [0, 0.1) is 10.1 Å². The molecule has 0 saturated carbocycles. The van der Waals surface area contributed by atoms with E-state index in [9.17, 15) is 10.1 Å². The molecule has 0 aliphatic carbocycles. The van der Waals surface area contributed by atoms with Crippen LogP contribution in [0.4, 0.5) is 5.69 Å². The number of nitrogens with zero attached hydrogens (tertiary/aromatic N) is 3. The van der Waals surface area contributed by atoms with Crippen molar-refractivity contribution in [3.05, 3.63) is 50.2 Å². The van der Waals surface area contributed by atoms with Crippen molar-refractivity contribution in [2.24, 2.45) is 5.73 Å². The van der Waals surface area contributed by atoms with Gasteiger partial charge in [-0.1, -0.05) is 23.2 Å². The maximum absolute atomic E-state index is 10.9. The first-order valence-corrected chi connectivity index (χ1v) is 6.09. The standard InChI is InChI=1S/C11H8Cl2N4O3/c12-7-1-9(17(18)19)10(2-8(7)13)20-11-15-4-6(3-14)5-16-11/h1-2,4-5H,3,14H2. The summed E-state index contributed by atoms with van der Waals surface area (Å²) in [6.45, 7) is 0.285. The number of halogens is 2. The monoisotopic (exact) mass is 314 g/mol. The molecule has 1 heterocycles. The summed E-state index contributed by atoms with van der Waals surface area (Å²) in [5.41, 5.74) is 5.79. The minimum absolute atomic E-state index is 0.0521. The van der Waals surface area contributed by atoms with E-state index in [0.29, 0.717) is 5.56 Å². The van der Waals surface area contributed by atoms with Gasteiger partial charge < -0.3 is 10.5 Å². The summed E-state index contributed by atoms with van der Waals surface area (Å²) in [5.74, 6) is -0.0927. The highest BCUT2D eigenvalue weighted by Crippen LogP contribution is 2.37. The highest BCUT2D eigenvalue weighted by Gasteiger charge is 2.19. The Kier molecular flexibility index (Phi) is 4.33. The van der Waals surface area contributed by atoms with E-state index in [4.69, 9.17) is 33.7 Å². The van der Waals surface area contributed by atoms with Gasteiger partial charge in [0.2, 0.25) is 5.75 Å². The van der Waals surface area contributed by atoms with Crippen LogP contribution in [0.3, 0.4) is 0 Å². The molecular formula is C11H8Cl2N4O3. The molecule has 0 unspecified atom stereocenters. The minimum Gasteiger partial charge on any atom is -0.417 e. The van der Waals surface area contributed by atoms with Gasteiger partial charge in [0.15, 0.2) is 0 Å². The first-order valence-electron chi connectivity index (χ1n) is 5.33. The van der Waals surface area contributed by atoms with Gasteiger partial charge in [-0.25, -0.2) is 9.97 Å². The zero-order valence-corrected chi connectivity index (χ0v) is 11.4. The zero-order chi connectivity index (χ0) is 14.7. The number of nitro groups is 1. The van der Waals surface area contributed by atoms with Gasteiger partial charge in [-0.05, 0) is 0 Å². The van der Waals surface area contributed by atoms with Crippen LogP contribution in [0.1, 0.15) is 5.56 Å². The number of nitro benzene ring substituents is 1. The lowest BCUT2D eigenvalue weighted by Crippen LogP contribution is -2.00. The van der Waals surface area contributed by atoms with Crippen LogP contribution in [0.2, 0.25) is 10.0 Å². The van der Waals surface area contributed by atoms with Gasteiger partial charge in [0, 0.05) is 36.6 Å². The Hall–Kier alpha value is -1.96. The summed E-state index contributed by atoms with van der Waals surface area (Å²) < 4.78 is 5.26. The van der Waals surface area contributed by atoms with Gasteiger partial charge in [0.05, 0.1) is 15.0 Å². The summed E-state index contributed by atoms with van der Waals surface area (Å²) in [4.78, 5) is 18.1. The summed E-state index contributed by atoms with van der Waals surface area (Å²) in [5, 5.41) is 11.1. The molecule has 0 amide bonds. The van der Waals surface area contributed by atoms with Crippen molar-refractivity contribution in [3.63, 3.8) is 0 Å².